The van der Waals surface area contributed by atoms with Crippen molar-refractivity contribution in [3.63, 3.8) is 0 Å². The minimum atomic E-state index is -0.739. The van der Waals surface area contributed by atoms with Crippen LogP contribution in [0.15, 0.2) is 18.2 Å². The van der Waals surface area contributed by atoms with E-state index in [0.717, 1.165) is 18.9 Å². The van der Waals surface area contributed by atoms with Gasteiger partial charge in [0.2, 0.25) is 5.91 Å². The number of anilines is 1. The molecule has 4 nitrogen and oxygen atoms in total. The number of amides is 1. The van der Waals surface area contributed by atoms with Crippen LogP contribution in [0.1, 0.15) is 25.7 Å². The molecule has 18 heavy (non-hydrogen) atoms. The number of carbonyl (C=O) groups excluding carboxylic acids is 1. The Labute approximate surface area is 105 Å². The lowest BCUT2D eigenvalue weighted by Gasteiger charge is -2.11. The molecule has 0 spiro atoms. The number of aromatic hydroxyl groups is 1. The fraction of sp³-hybridized carbons (Fsp3) is 0.462. The zero-order chi connectivity index (χ0) is 13.0. The number of phenols is 1. The van der Waals surface area contributed by atoms with Gasteiger partial charge in [0.25, 0.3) is 0 Å². The van der Waals surface area contributed by atoms with E-state index in [1.807, 2.05) is 0 Å². The number of benzene rings is 1. The van der Waals surface area contributed by atoms with Gasteiger partial charge in [0.15, 0.2) is 11.6 Å². The molecular formula is C13H17FN2O2. The summed E-state index contributed by atoms with van der Waals surface area (Å²) in [6.45, 7) is 0.229. The van der Waals surface area contributed by atoms with Gasteiger partial charge in [-0.15, -0.1) is 0 Å². The summed E-state index contributed by atoms with van der Waals surface area (Å²) in [4.78, 5) is 11.6. The smallest absolute Gasteiger partial charge is 0.238 e. The Morgan fingerprint density at radius 1 is 1.39 bits per heavy atom. The monoisotopic (exact) mass is 252 g/mol. The molecule has 1 saturated carbocycles. The Kier molecular flexibility index (Phi) is 4.15. The van der Waals surface area contributed by atoms with E-state index in [4.69, 9.17) is 5.11 Å². The number of nitrogens with one attached hydrogen (secondary N) is 2. The van der Waals surface area contributed by atoms with Crippen molar-refractivity contribution in [2.24, 2.45) is 0 Å². The molecule has 98 valence electrons. The van der Waals surface area contributed by atoms with Crippen LogP contribution >= 0.6 is 0 Å². The van der Waals surface area contributed by atoms with Crippen LogP contribution in [0.3, 0.4) is 0 Å². The van der Waals surface area contributed by atoms with Gasteiger partial charge in [0.05, 0.1) is 6.54 Å². The highest BCUT2D eigenvalue weighted by Crippen LogP contribution is 2.19. The summed E-state index contributed by atoms with van der Waals surface area (Å²) in [5.41, 5.74) is 0.350. The number of rotatable bonds is 4. The van der Waals surface area contributed by atoms with E-state index in [2.05, 4.69) is 10.6 Å². The van der Waals surface area contributed by atoms with Gasteiger partial charge in [-0.25, -0.2) is 4.39 Å². The van der Waals surface area contributed by atoms with Crippen molar-refractivity contribution in [2.75, 3.05) is 11.9 Å². The molecule has 0 saturated heterocycles. The molecule has 1 fully saturated rings. The predicted octanol–water partition coefficient (Wildman–Crippen LogP) is 2.00. The average molecular weight is 252 g/mol. The summed E-state index contributed by atoms with van der Waals surface area (Å²) in [5, 5.41) is 14.8. The van der Waals surface area contributed by atoms with E-state index in [0.29, 0.717) is 11.7 Å². The number of phenolic OH excluding ortho intramolecular Hbond substituents is 1. The molecular weight excluding hydrogens is 235 g/mol. The second-order valence-electron chi connectivity index (χ2n) is 4.58. The molecule has 1 amide bonds. The van der Waals surface area contributed by atoms with Crippen molar-refractivity contribution >= 4 is 11.6 Å². The third-order valence-electron chi connectivity index (χ3n) is 3.14. The molecule has 0 radical (unpaired) electrons. The summed E-state index contributed by atoms with van der Waals surface area (Å²) < 4.78 is 13.0. The molecule has 0 unspecified atom stereocenters. The molecule has 0 atom stereocenters. The van der Waals surface area contributed by atoms with Gasteiger partial charge in [-0.1, -0.05) is 12.8 Å². The lowest BCUT2D eigenvalue weighted by Crippen LogP contribution is -2.34. The lowest BCUT2D eigenvalue weighted by molar-refractivity contribution is -0.115. The highest BCUT2D eigenvalue weighted by molar-refractivity contribution is 5.92. The molecule has 1 aliphatic rings. The zero-order valence-corrected chi connectivity index (χ0v) is 10.1. The van der Waals surface area contributed by atoms with Crippen LogP contribution in [-0.4, -0.2) is 23.6 Å². The summed E-state index contributed by atoms with van der Waals surface area (Å²) in [5.74, 6) is -1.36. The third-order valence-corrected chi connectivity index (χ3v) is 3.14. The molecule has 0 bridgehead atoms. The second kappa shape index (κ2) is 5.82. The maximum atomic E-state index is 13.0. The lowest BCUT2D eigenvalue weighted by atomic mass is 10.2. The van der Waals surface area contributed by atoms with Crippen molar-refractivity contribution in [3.8, 4) is 5.75 Å². The van der Waals surface area contributed by atoms with Gasteiger partial charge in [0.1, 0.15) is 0 Å². The largest absolute Gasteiger partial charge is 0.505 e. The molecule has 0 heterocycles. The number of hydrogen-bond acceptors (Lipinski definition) is 3. The fourth-order valence-corrected chi connectivity index (χ4v) is 2.16. The maximum Gasteiger partial charge on any atom is 0.238 e. The minimum absolute atomic E-state index is 0.202. The summed E-state index contributed by atoms with van der Waals surface area (Å²) >= 11 is 0. The molecule has 1 aliphatic carbocycles. The highest BCUT2D eigenvalue weighted by Gasteiger charge is 2.15. The standard InChI is InChI=1S/C13H17FN2O2/c14-11-7-10(5-6-12(11)17)16-13(18)8-15-9-3-1-2-4-9/h5-7,9,15,17H,1-4,8H2,(H,16,18). The van der Waals surface area contributed by atoms with E-state index in [-0.39, 0.29) is 12.5 Å². The molecule has 5 heteroatoms. The van der Waals surface area contributed by atoms with Crippen LogP contribution in [0.2, 0.25) is 0 Å². The molecule has 1 aromatic rings. The van der Waals surface area contributed by atoms with Crippen LogP contribution in [0.25, 0.3) is 0 Å². The molecule has 0 aromatic heterocycles. The Morgan fingerprint density at radius 3 is 2.78 bits per heavy atom. The van der Waals surface area contributed by atoms with E-state index >= 15 is 0 Å². The van der Waals surface area contributed by atoms with E-state index in [9.17, 15) is 9.18 Å². The fourth-order valence-electron chi connectivity index (χ4n) is 2.16. The van der Waals surface area contributed by atoms with Crippen LogP contribution in [0, 0.1) is 5.82 Å². The first kappa shape index (κ1) is 12.8. The number of hydrogen-bond donors (Lipinski definition) is 3. The SMILES string of the molecule is O=C(CNC1CCCC1)Nc1ccc(O)c(F)c1. The van der Waals surface area contributed by atoms with Crippen LogP contribution < -0.4 is 10.6 Å². The average Bonchev–Trinajstić information content (AvgIpc) is 2.84. The van der Waals surface area contributed by atoms with E-state index in [1.54, 1.807) is 0 Å². The molecule has 1 aromatic carbocycles. The van der Waals surface area contributed by atoms with Crippen molar-refractivity contribution in [2.45, 2.75) is 31.7 Å². The van der Waals surface area contributed by atoms with Crippen molar-refractivity contribution in [1.29, 1.82) is 0 Å². The van der Waals surface area contributed by atoms with E-state index < -0.39 is 11.6 Å². The first-order chi connectivity index (χ1) is 8.65. The first-order valence-electron chi connectivity index (χ1n) is 6.17. The van der Waals surface area contributed by atoms with E-state index in [1.165, 1.54) is 25.0 Å². The highest BCUT2D eigenvalue weighted by atomic mass is 19.1. The van der Waals surface area contributed by atoms with Gasteiger partial charge < -0.3 is 15.7 Å². The normalized spacial score (nSPS) is 15.8. The third kappa shape index (κ3) is 3.43. The van der Waals surface area contributed by atoms with Crippen molar-refractivity contribution in [3.05, 3.63) is 24.0 Å². The first-order valence-corrected chi connectivity index (χ1v) is 6.17. The summed E-state index contributed by atoms with van der Waals surface area (Å²) in [6.07, 6.45) is 4.65. The summed E-state index contributed by atoms with van der Waals surface area (Å²) in [7, 11) is 0. The minimum Gasteiger partial charge on any atom is -0.505 e. The second-order valence-corrected chi connectivity index (χ2v) is 4.58. The Morgan fingerprint density at radius 2 is 2.11 bits per heavy atom. The number of carbonyl (C=O) groups is 1. The number of halogens is 1. The van der Waals surface area contributed by atoms with Gasteiger partial charge in [0, 0.05) is 17.8 Å². The summed E-state index contributed by atoms with van der Waals surface area (Å²) in [6, 6.07) is 4.21. The van der Waals surface area contributed by atoms with Gasteiger partial charge in [-0.3, -0.25) is 4.79 Å². The molecule has 3 N–H and O–H groups in total. The Balaban J connectivity index is 1.80. The predicted molar refractivity (Wildman–Crippen MR) is 67.0 cm³/mol. The quantitative estimate of drug-likeness (QED) is 0.718. The van der Waals surface area contributed by atoms with Crippen LogP contribution in [0.4, 0.5) is 10.1 Å². The van der Waals surface area contributed by atoms with Crippen molar-refractivity contribution in [1.82, 2.24) is 5.32 Å². The Bertz CT molecular complexity index is 431. The van der Waals surface area contributed by atoms with Gasteiger partial charge in [-0.2, -0.15) is 0 Å². The van der Waals surface area contributed by atoms with Crippen molar-refractivity contribution < 1.29 is 14.3 Å². The Hall–Kier alpha value is -1.62. The maximum absolute atomic E-state index is 13.0. The van der Waals surface area contributed by atoms with Gasteiger partial charge in [-0.05, 0) is 25.0 Å². The van der Waals surface area contributed by atoms with Crippen LogP contribution in [-0.2, 0) is 4.79 Å². The van der Waals surface area contributed by atoms with Gasteiger partial charge >= 0.3 is 0 Å². The molecule has 0 aliphatic heterocycles. The topological polar surface area (TPSA) is 61.4 Å². The van der Waals surface area contributed by atoms with Crippen LogP contribution in [0.5, 0.6) is 5.75 Å². The molecule has 2 rings (SSSR count). The zero-order valence-electron chi connectivity index (χ0n) is 10.1.